The topological polar surface area (TPSA) is 112 Å². The zero-order valence-corrected chi connectivity index (χ0v) is 19.1. The highest BCUT2D eigenvalue weighted by Crippen LogP contribution is 2.44. The van der Waals surface area contributed by atoms with Crippen molar-refractivity contribution in [2.45, 2.75) is 11.4 Å². The van der Waals surface area contributed by atoms with Crippen molar-refractivity contribution < 1.29 is 37.3 Å². The van der Waals surface area contributed by atoms with Crippen LogP contribution in [0.2, 0.25) is 0 Å². The molecule has 3 heterocycles. The van der Waals surface area contributed by atoms with E-state index in [-0.39, 0.29) is 29.5 Å². The third-order valence-corrected chi connectivity index (χ3v) is 7.81. The fourth-order valence-corrected chi connectivity index (χ4v) is 6.13. The molecule has 0 fully saturated rings. The second kappa shape index (κ2) is 7.95. The Bertz CT molecular complexity index is 1510. The van der Waals surface area contributed by atoms with Crippen LogP contribution in [0.4, 0.5) is 0 Å². The number of hydrogen-bond acceptors (Lipinski definition) is 7. The van der Waals surface area contributed by atoms with Crippen molar-refractivity contribution in [2.75, 3.05) is 20.0 Å². The van der Waals surface area contributed by atoms with Gasteiger partial charge in [-0.3, -0.25) is 4.31 Å². The van der Waals surface area contributed by atoms with Crippen molar-refractivity contribution in [1.29, 1.82) is 0 Å². The molecule has 3 aromatic carbocycles. The van der Waals surface area contributed by atoms with E-state index in [1.54, 1.807) is 54.6 Å². The maximum atomic E-state index is 13.7. The number of hydrogen-bond donors (Lipinski definition) is 1. The van der Waals surface area contributed by atoms with Crippen LogP contribution in [0.25, 0.3) is 5.57 Å². The van der Waals surface area contributed by atoms with Gasteiger partial charge in [-0.2, -0.15) is 0 Å². The van der Waals surface area contributed by atoms with E-state index >= 15 is 0 Å². The smallest absolute Gasteiger partial charge is 0.353 e. The van der Waals surface area contributed by atoms with Gasteiger partial charge in [-0.1, -0.05) is 30.3 Å². The van der Waals surface area contributed by atoms with Crippen LogP contribution in [-0.2, 0) is 21.4 Å². The predicted octanol–water partition coefficient (Wildman–Crippen LogP) is 3.24. The van der Waals surface area contributed by atoms with Crippen LogP contribution in [-0.4, -0.2) is 43.8 Å². The van der Waals surface area contributed by atoms with E-state index < -0.39 is 16.0 Å². The third-order valence-electron chi connectivity index (χ3n) is 6.01. The number of carbonyl (C=O) groups is 1. The minimum Gasteiger partial charge on any atom is -0.486 e. The number of carboxylic acid groups (broad SMARTS) is 1. The molecule has 0 spiro atoms. The predicted molar refractivity (Wildman–Crippen MR) is 123 cm³/mol. The lowest BCUT2D eigenvalue weighted by atomic mass is 9.94. The van der Waals surface area contributed by atoms with Crippen LogP contribution in [0.15, 0.2) is 71.3 Å². The Morgan fingerprint density at radius 2 is 1.54 bits per heavy atom. The normalized spacial score (nSPS) is 17.2. The minimum absolute atomic E-state index is 0.0237. The van der Waals surface area contributed by atoms with E-state index in [2.05, 4.69) is 0 Å². The molecule has 3 aromatic rings. The second-order valence-electron chi connectivity index (χ2n) is 8.08. The molecule has 178 valence electrons. The Hall–Kier alpha value is -4.18. The van der Waals surface area contributed by atoms with Gasteiger partial charge in [0, 0.05) is 11.1 Å². The summed E-state index contributed by atoms with van der Waals surface area (Å²) >= 11 is 0. The summed E-state index contributed by atoms with van der Waals surface area (Å²) in [4.78, 5) is 12.7. The molecule has 0 saturated carbocycles. The highest BCUT2D eigenvalue weighted by atomic mass is 32.2. The lowest BCUT2D eigenvalue weighted by Gasteiger charge is -2.33. The molecule has 0 bridgehead atoms. The van der Waals surface area contributed by atoms with E-state index in [0.717, 1.165) is 4.31 Å². The zero-order valence-electron chi connectivity index (χ0n) is 18.3. The van der Waals surface area contributed by atoms with E-state index in [4.69, 9.17) is 18.9 Å². The van der Waals surface area contributed by atoms with Crippen LogP contribution >= 0.6 is 0 Å². The number of sulfonamides is 1. The molecule has 0 atom stereocenters. The molecule has 9 nitrogen and oxygen atoms in total. The SMILES string of the molecule is O=C(O)C1=C(c2ccc3c(c2)OCCO3)c2ccccc2S(=O)(=O)N1Cc1ccc2c(c1)OCO2. The van der Waals surface area contributed by atoms with Gasteiger partial charge in [0.2, 0.25) is 6.79 Å². The molecule has 0 unspecified atom stereocenters. The third kappa shape index (κ3) is 3.45. The Morgan fingerprint density at radius 1 is 0.857 bits per heavy atom. The Kier molecular flexibility index (Phi) is 4.85. The molecular weight excluding hydrogens is 474 g/mol. The number of aliphatic carboxylic acids is 1. The first-order chi connectivity index (χ1) is 16.9. The largest absolute Gasteiger partial charge is 0.486 e. The summed E-state index contributed by atoms with van der Waals surface area (Å²) in [6, 6.07) is 16.5. The summed E-state index contributed by atoms with van der Waals surface area (Å²) < 4.78 is 50.3. The first kappa shape index (κ1) is 21.4. The fraction of sp³-hybridized carbons (Fsp3) is 0.160. The molecule has 35 heavy (non-hydrogen) atoms. The van der Waals surface area contributed by atoms with Gasteiger partial charge in [0.25, 0.3) is 10.0 Å². The molecule has 0 amide bonds. The first-order valence-electron chi connectivity index (χ1n) is 10.8. The van der Waals surface area contributed by atoms with E-state index in [9.17, 15) is 18.3 Å². The summed E-state index contributed by atoms with van der Waals surface area (Å²) in [5, 5.41) is 10.3. The van der Waals surface area contributed by atoms with Gasteiger partial charge in [0.15, 0.2) is 23.0 Å². The summed E-state index contributed by atoms with van der Waals surface area (Å²) in [6.07, 6.45) is 0. The highest BCUT2D eigenvalue weighted by molar-refractivity contribution is 7.89. The fourth-order valence-electron chi connectivity index (χ4n) is 4.46. The lowest BCUT2D eigenvalue weighted by molar-refractivity contribution is -0.133. The van der Waals surface area contributed by atoms with Crippen LogP contribution in [0, 0.1) is 0 Å². The number of carboxylic acids is 1. The van der Waals surface area contributed by atoms with Gasteiger partial charge in [-0.05, 0) is 41.5 Å². The van der Waals surface area contributed by atoms with E-state index in [0.29, 0.717) is 52.9 Å². The van der Waals surface area contributed by atoms with Crippen LogP contribution < -0.4 is 18.9 Å². The van der Waals surface area contributed by atoms with Crippen molar-refractivity contribution in [1.82, 2.24) is 4.31 Å². The standard InChI is InChI=1S/C25H19NO8S/c27-25(28)24-23(16-6-8-18-21(12-16)32-10-9-31-18)17-3-1-2-4-22(17)35(29,30)26(24)13-15-5-7-19-20(11-15)34-14-33-19/h1-8,11-12H,9-10,13-14H2,(H,27,28). The quantitative estimate of drug-likeness (QED) is 0.590. The molecular formula is C25H19NO8S. The van der Waals surface area contributed by atoms with Gasteiger partial charge < -0.3 is 24.1 Å². The molecule has 6 rings (SSSR count). The molecule has 0 aromatic heterocycles. The van der Waals surface area contributed by atoms with Gasteiger partial charge in [-0.25, -0.2) is 13.2 Å². The van der Waals surface area contributed by atoms with Gasteiger partial charge in [0.1, 0.15) is 18.9 Å². The van der Waals surface area contributed by atoms with Crippen molar-refractivity contribution in [3.05, 3.63) is 83.1 Å². The van der Waals surface area contributed by atoms with Crippen molar-refractivity contribution in [3.63, 3.8) is 0 Å². The Balaban J connectivity index is 1.56. The average molecular weight is 493 g/mol. The van der Waals surface area contributed by atoms with Crippen molar-refractivity contribution >= 4 is 21.6 Å². The number of nitrogens with zero attached hydrogens (tertiary/aromatic N) is 1. The molecule has 10 heteroatoms. The second-order valence-corrected chi connectivity index (χ2v) is 9.91. The van der Waals surface area contributed by atoms with Crippen molar-refractivity contribution in [2.24, 2.45) is 0 Å². The molecule has 0 saturated heterocycles. The number of ether oxygens (including phenoxy) is 4. The summed E-state index contributed by atoms with van der Waals surface area (Å²) in [5.74, 6) is 0.677. The van der Waals surface area contributed by atoms with Gasteiger partial charge in [-0.15, -0.1) is 0 Å². The van der Waals surface area contributed by atoms with Crippen LogP contribution in [0.3, 0.4) is 0 Å². The number of benzene rings is 3. The summed E-state index contributed by atoms with van der Waals surface area (Å²) in [6.45, 7) is 0.647. The summed E-state index contributed by atoms with van der Waals surface area (Å²) in [5.41, 5.74) is 1.30. The maximum absolute atomic E-state index is 13.7. The van der Waals surface area contributed by atoms with Crippen LogP contribution in [0.1, 0.15) is 16.7 Å². The molecule has 0 aliphatic carbocycles. The Labute approximate surface area is 200 Å². The Morgan fingerprint density at radius 3 is 2.37 bits per heavy atom. The maximum Gasteiger partial charge on any atom is 0.353 e. The van der Waals surface area contributed by atoms with Crippen molar-refractivity contribution in [3.8, 4) is 23.0 Å². The number of fused-ring (bicyclic) bond motifs is 3. The van der Waals surface area contributed by atoms with E-state index in [1.807, 2.05) is 0 Å². The van der Waals surface area contributed by atoms with Crippen LogP contribution in [0.5, 0.6) is 23.0 Å². The average Bonchev–Trinajstić information content (AvgIpc) is 3.33. The molecule has 3 aliphatic heterocycles. The molecule has 0 radical (unpaired) electrons. The van der Waals surface area contributed by atoms with Gasteiger partial charge in [0.05, 0.1) is 11.4 Å². The van der Waals surface area contributed by atoms with E-state index in [1.165, 1.54) is 6.07 Å². The minimum atomic E-state index is -4.18. The molecule has 1 N–H and O–H groups in total. The summed E-state index contributed by atoms with van der Waals surface area (Å²) in [7, 11) is -4.18. The number of rotatable bonds is 4. The first-order valence-corrected chi connectivity index (χ1v) is 12.3. The highest BCUT2D eigenvalue weighted by Gasteiger charge is 2.40. The lowest BCUT2D eigenvalue weighted by Crippen LogP contribution is -2.37. The monoisotopic (exact) mass is 493 g/mol. The zero-order chi connectivity index (χ0) is 24.2. The molecule has 3 aliphatic rings. The van der Waals surface area contributed by atoms with Gasteiger partial charge >= 0.3 is 5.97 Å².